The number of nitro groups is 1. The Morgan fingerprint density at radius 2 is 2.20 bits per heavy atom. The van der Waals surface area contributed by atoms with Crippen LogP contribution in [0, 0.1) is 10.1 Å². The number of halogens is 2. The number of hydrogen-bond donors (Lipinski definition) is 1. The molecule has 15 heavy (non-hydrogen) atoms. The summed E-state index contributed by atoms with van der Waals surface area (Å²) in [5.74, 6) is -0.327. The minimum absolute atomic E-state index is 0.0516. The molecule has 0 fully saturated rings. The van der Waals surface area contributed by atoms with Crippen molar-refractivity contribution < 1.29 is 9.72 Å². The lowest BCUT2D eigenvalue weighted by Gasteiger charge is -2.03. The van der Waals surface area contributed by atoms with Gasteiger partial charge in [0.2, 0.25) is 0 Å². The van der Waals surface area contributed by atoms with Crippen molar-refractivity contribution in [3.8, 4) is 0 Å². The van der Waals surface area contributed by atoms with Crippen LogP contribution in [0.1, 0.15) is 10.4 Å². The molecule has 0 saturated heterocycles. The second kappa shape index (κ2) is 4.59. The van der Waals surface area contributed by atoms with Crippen molar-refractivity contribution in [2.24, 2.45) is 0 Å². The molecule has 0 saturated carbocycles. The molecule has 0 radical (unpaired) electrons. The van der Waals surface area contributed by atoms with E-state index < -0.39 is 4.92 Å². The largest absolute Gasteiger partial charge is 0.398 e. The van der Waals surface area contributed by atoms with E-state index in [9.17, 15) is 14.9 Å². The molecular weight excluding hydrogens is 287 g/mol. The highest BCUT2D eigenvalue weighted by atomic mass is 79.9. The van der Waals surface area contributed by atoms with Crippen LogP contribution in [-0.2, 0) is 0 Å². The first-order valence-corrected chi connectivity index (χ1v) is 5.30. The third-order valence-electron chi connectivity index (χ3n) is 1.74. The number of nitro benzene ring substituents is 1. The van der Waals surface area contributed by atoms with Crippen LogP contribution in [0.4, 0.5) is 11.4 Å². The summed E-state index contributed by atoms with van der Waals surface area (Å²) in [6.07, 6.45) is 0. The van der Waals surface area contributed by atoms with Gasteiger partial charge in [0.1, 0.15) is 5.02 Å². The SMILES string of the molecule is Nc1cc(Cl)c([N+](=O)[O-])cc1C(=O)CBr. The Balaban J connectivity index is 3.36. The molecule has 0 aliphatic heterocycles. The number of hydrogen-bond acceptors (Lipinski definition) is 4. The van der Waals surface area contributed by atoms with Gasteiger partial charge in [-0.25, -0.2) is 0 Å². The van der Waals surface area contributed by atoms with Crippen LogP contribution in [0.25, 0.3) is 0 Å². The predicted molar refractivity (Wildman–Crippen MR) is 60.6 cm³/mol. The van der Waals surface area contributed by atoms with Crippen LogP contribution >= 0.6 is 27.5 Å². The fraction of sp³-hybridized carbons (Fsp3) is 0.125. The molecule has 0 amide bonds. The lowest BCUT2D eigenvalue weighted by Crippen LogP contribution is -2.06. The van der Waals surface area contributed by atoms with Crippen molar-refractivity contribution >= 4 is 44.7 Å². The lowest BCUT2D eigenvalue weighted by molar-refractivity contribution is -0.384. The van der Waals surface area contributed by atoms with Gasteiger partial charge in [-0.1, -0.05) is 27.5 Å². The zero-order valence-electron chi connectivity index (χ0n) is 7.37. The van der Waals surface area contributed by atoms with Crippen LogP contribution in [-0.4, -0.2) is 16.0 Å². The maximum atomic E-state index is 11.3. The molecule has 0 bridgehead atoms. The first kappa shape index (κ1) is 11.9. The van der Waals surface area contributed by atoms with E-state index in [-0.39, 0.29) is 33.1 Å². The maximum absolute atomic E-state index is 11.3. The summed E-state index contributed by atoms with van der Waals surface area (Å²) in [6, 6.07) is 2.29. The van der Waals surface area contributed by atoms with Gasteiger partial charge in [-0.2, -0.15) is 0 Å². The zero-order valence-corrected chi connectivity index (χ0v) is 9.71. The van der Waals surface area contributed by atoms with Crippen molar-refractivity contribution in [1.29, 1.82) is 0 Å². The van der Waals surface area contributed by atoms with Crippen molar-refractivity contribution in [2.75, 3.05) is 11.1 Å². The van der Waals surface area contributed by atoms with Gasteiger partial charge < -0.3 is 5.73 Å². The molecule has 1 aromatic carbocycles. The summed E-state index contributed by atoms with van der Waals surface area (Å²) in [5.41, 5.74) is 5.43. The fourth-order valence-corrected chi connectivity index (χ4v) is 1.57. The molecule has 0 atom stereocenters. The molecule has 0 aliphatic carbocycles. The topological polar surface area (TPSA) is 86.2 Å². The highest BCUT2D eigenvalue weighted by Gasteiger charge is 2.18. The van der Waals surface area contributed by atoms with Gasteiger partial charge in [-0.3, -0.25) is 14.9 Å². The number of benzene rings is 1. The molecule has 5 nitrogen and oxygen atoms in total. The average molecular weight is 294 g/mol. The number of Topliss-reactive ketones (excluding diaryl/α,β-unsaturated/α-hetero) is 1. The first-order chi connectivity index (χ1) is 6.97. The van der Waals surface area contributed by atoms with Gasteiger partial charge >= 0.3 is 0 Å². The van der Waals surface area contributed by atoms with Gasteiger partial charge in [0, 0.05) is 17.3 Å². The predicted octanol–water partition coefficient (Wildman–Crippen LogP) is 2.41. The number of carbonyl (C=O) groups is 1. The van der Waals surface area contributed by atoms with Crippen molar-refractivity contribution in [3.05, 3.63) is 32.8 Å². The third-order valence-corrected chi connectivity index (χ3v) is 2.55. The summed E-state index contributed by atoms with van der Waals surface area (Å²) in [5, 5.41) is 10.5. The minimum Gasteiger partial charge on any atom is -0.398 e. The number of alkyl halides is 1. The highest BCUT2D eigenvalue weighted by Crippen LogP contribution is 2.29. The summed E-state index contributed by atoms with van der Waals surface area (Å²) >= 11 is 8.56. The molecule has 0 heterocycles. The van der Waals surface area contributed by atoms with Crippen molar-refractivity contribution in [2.45, 2.75) is 0 Å². The van der Waals surface area contributed by atoms with Crippen LogP contribution in [0.15, 0.2) is 12.1 Å². The van der Waals surface area contributed by atoms with Crippen LogP contribution in [0.3, 0.4) is 0 Å². The number of ketones is 1. The molecule has 0 spiro atoms. The Labute approximate surface area is 98.5 Å². The zero-order chi connectivity index (χ0) is 11.6. The van der Waals surface area contributed by atoms with E-state index in [1.54, 1.807) is 0 Å². The third kappa shape index (κ3) is 2.45. The molecule has 1 aromatic rings. The monoisotopic (exact) mass is 292 g/mol. The highest BCUT2D eigenvalue weighted by molar-refractivity contribution is 9.09. The van der Waals surface area contributed by atoms with Gasteiger partial charge in [0.15, 0.2) is 5.78 Å². The minimum atomic E-state index is -0.660. The Morgan fingerprint density at radius 1 is 1.60 bits per heavy atom. The Kier molecular flexibility index (Phi) is 3.65. The number of carbonyl (C=O) groups excluding carboxylic acids is 1. The lowest BCUT2D eigenvalue weighted by atomic mass is 10.1. The average Bonchev–Trinajstić information content (AvgIpc) is 2.16. The van der Waals surface area contributed by atoms with E-state index in [0.717, 1.165) is 6.07 Å². The van der Waals surface area contributed by atoms with E-state index >= 15 is 0 Å². The summed E-state index contributed by atoms with van der Waals surface area (Å²) in [7, 11) is 0. The molecule has 2 N–H and O–H groups in total. The summed E-state index contributed by atoms with van der Waals surface area (Å²) in [4.78, 5) is 21.2. The Bertz CT molecular complexity index is 436. The number of nitrogens with two attached hydrogens (primary N) is 1. The number of nitrogen functional groups attached to an aromatic ring is 1. The van der Waals surface area contributed by atoms with E-state index in [0.29, 0.717) is 0 Å². The Morgan fingerprint density at radius 3 is 2.67 bits per heavy atom. The molecule has 80 valence electrons. The molecule has 0 aromatic heterocycles. The first-order valence-electron chi connectivity index (χ1n) is 3.80. The normalized spacial score (nSPS) is 10.0. The van der Waals surface area contributed by atoms with E-state index in [2.05, 4.69) is 15.9 Å². The Hall–Kier alpha value is -1.14. The summed E-state index contributed by atoms with van der Waals surface area (Å²) < 4.78 is 0. The van der Waals surface area contributed by atoms with Crippen LogP contribution in [0.2, 0.25) is 5.02 Å². The van der Waals surface area contributed by atoms with Gasteiger partial charge in [-0.15, -0.1) is 0 Å². The maximum Gasteiger partial charge on any atom is 0.288 e. The fourth-order valence-electron chi connectivity index (χ4n) is 1.03. The second-order valence-electron chi connectivity index (χ2n) is 2.70. The molecule has 0 aliphatic rings. The van der Waals surface area contributed by atoms with Gasteiger partial charge in [0.25, 0.3) is 5.69 Å². The van der Waals surface area contributed by atoms with Crippen molar-refractivity contribution in [3.63, 3.8) is 0 Å². The van der Waals surface area contributed by atoms with Gasteiger partial charge in [-0.05, 0) is 6.07 Å². The molecule has 7 heteroatoms. The standard InChI is InChI=1S/C8H6BrClN2O3/c9-3-8(13)4-1-7(12(14)15)5(10)2-6(4)11/h1-2H,3,11H2. The smallest absolute Gasteiger partial charge is 0.288 e. The quantitative estimate of drug-likeness (QED) is 0.305. The van der Waals surface area contributed by atoms with Gasteiger partial charge in [0.05, 0.1) is 10.3 Å². The molecular formula is C8H6BrClN2O3. The molecule has 1 rings (SSSR count). The molecule has 0 unspecified atom stereocenters. The van der Waals surface area contributed by atoms with Crippen molar-refractivity contribution in [1.82, 2.24) is 0 Å². The van der Waals surface area contributed by atoms with E-state index in [1.807, 2.05) is 0 Å². The number of anilines is 1. The van der Waals surface area contributed by atoms with Crippen LogP contribution < -0.4 is 5.73 Å². The number of nitrogens with zero attached hydrogens (tertiary/aromatic N) is 1. The van der Waals surface area contributed by atoms with Crippen LogP contribution in [0.5, 0.6) is 0 Å². The summed E-state index contributed by atoms with van der Waals surface area (Å²) in [6.45, 7) is 0. The van der Waals surface area contributed by atoms with E-state index in [1.165, 1.54) is 6.07 Å². The number of rotatable bonds is 3. The van der Waals surface area contributed by atoms with E-state index in [4.69, 9.17) is 17.3 Å². The second-order valence-corrected chi connectivity index (χ2v) is 3.67.